The van der Waals surface area contributed by atoms with Gasteiger partial charge in [0.05, 0.1) is 6.10 Å². The molecule has 2 heterocycles. The number of rotatable bonds is 2. The highest BCUT2D eigenvalue weighted by Crippen LogP contribution is 2.18. The van der Waals surface area contributed by atoms with Crippen LogP contribution < -0.4 is 0 Å². The molecule has 3 nitrogen and oxygen atoms in total. The van der Waals surface area contributed by atoms with Gasteiger partial charge in [-0.05, 0) is 30.8 Å². The van der Waals surface area contributed by atoms with Crippen LogP contribution in [0.25, 0.3) is 0 Å². The topological polar surface area (TPSA) is 35.0 Å². The van der Waals surface area contributed by atoms with Gasteiger partial charge in [-0.3, -0.25) is 0 Å². The van der Waals surface area contributed by atoms with E-state index < -0.39 is 0 Å². The molecule has 1 aromatic rings. The highest BCUT2D eigenvalue weighted by atomic mass is 127. The Bertz CT molecular complexity index is 273. The lowest BCUT2D eigenvalue weighted by Gasteiger charge is -2.21. The van der Waals surface area contributed by atoms with Crippen LogP contribution >= 0.6 is 34.1 Å². The zero-order valence-corrected chi connectivity index (χ0v) is 10.2. The number of hydrogen-bond acceptors (Lipinski definition) is 4. The maximum Gasteiger partial charge on any atom is 0.203 e. The van der Waals surface area contributed by atoms with E-state index in [4.69, 9.17) is 4.74 Å². The van der Waals surface area contributed by atoms with E-state index in [0.717, 1.165) is 21.9 Å². The molecule has 1 aliphatic rings. The monoisotopic (exact) mass is 310 g/mol. The molecule has 1 saturated heterocycles. The van der Waals surface area contributed by atoms with Crippen LogP contribution in [0.1, 0.15) is 24.3 Å². The standard InChI is InChI=1S/C8H11IN2OS/c9-8-10-7(13-11-8)5-6-3-1-2-4-12-6/h6H,1-5H2. The number of halogens is 1. The first-order valence-corrected chi connectivity index (χ1v) is 6.29. The molecule has 1 aliphatic heterocycles. The van der Waals surface area contributed by atoms with Crippen LogP contribution in [-0.4, -0.2) is 22.1 Å². The van der Waals surface area contributed by atoms with Gasteiger partial charge in [-0.2, -0.15) is 4.37 Å². The molecule has 1 unspecified atom stereocenters. The van der Waals surface area contributed by atoms with E-state index in [0.29, 0.717) is 6.10 Å². The third kappa shape index (κ3) is 2.85. The van der Waals surface area contributed by atoms with Crippen LogP contribution in [0.5, 0.6) is 0 Å². The van der Waals surface area contributed by atoms with Gasteiger partial charge in [0, 0.05) is 35.6 Å². The second-order valence-electron chi connectivity index (χ2n) is 3.15. The first-order valence-electron chi connectivity index (χ1n) is 4.44. The summed E-state index contributed by atoms with van der Waals surface area (Å²) in [6.07, 6.45) is 5.01. The molecule has 1 atom stereocenters. The molecule has 0 spiro atoms. The van der Waals surface area contributed by atoms with Crippen LogP contribution in [0.2, 0.25) is 0 Å². The summed E-state index contributed by atoms with van der Waals surface area (Å²) in [6, 6.07) is 0. The predicted octanol–water partition coefficient (Wildman–Crippen LogP) is 2.25. The molecule has 0 aliphatic carbocycles. The third-order valence-electron chi connectivity index (χ3n) is 2.12. The Balaban J connectivity index is 1.89. The summed E-state index contributed by atoms with van der Waals surface area (Å²) in [6.45, 7) is 0.917. The maximum absolute atomic E-state index is 5.63. The molecule has 5 heteroatoms. The molecular formula is C8H11IN2OS. The van der Waals surface area contributed by atoms with E-state index in [1.165, 1.54) is 30.8 Å². The fourth-order valence-corrected chi connectivity index (χ4v) is 2.84. The minimum Gasteiger partial charge on any atom is -0.378 e. The number of aromatic nitrogens is 2. The average molecular weight is 310 g/mol. The molecule has 1 fully saturated rings. The molecule has 13 heavy (non-hydrogen) atoms. The zero-order chi connectivity index (χ0) is 9.10. The SMILES string of the molecule is Ic1nsc(CC2CCCCO2)n1. The van der Waals surface area contributed by atoms with Crippen molar-refractivity contribution in [2.45, 2.75) is 31.8 Å². The molecule has 0 bridgehead atoms. The minimum atomic E-state index is 0.387. The molecule has 0 N–H and O–H groups in total. The molecule has 0 aromatic carbocycles. The molecule has 72 valence electrons. The summed E-state index contributed by atoms with van der Waals surface area (Å²) in [5.41, 5.74) is 0. The lowest BCUT2D eigenvalue weighted by atomic mass is 10.1. The quantitative estimate of drug-likeness (QED) is 0.786. The third-order valence-corrected chi connectivity index (χ3v) is 3.66. The maximum atomic E-state index is 5.63. The van der Waals surface area contributed by atoms with E-state index in [9.17, 15) is 0 Å². The molecule has 0 saturated carbocycles. The van der Waals surface area contributed by atoms with E-state index in [-0.39, 0.29) is 0 Å². The Morgan fingerprint density at radius 1 is 1.54 bits per heavy atom. The largest absolute Gasteiger partial charge is 0.378 e. The van der Waals surface area contributed by atoms with Crippen molar-refractivity contribution in [2.75, 3.05) is 6.61 Å². The zero-order valence-electron chi connectivity index (χ0n) is 7.20. The van der Waals surface area contributed by atoms with Crippen LogP contribution in [0.15, 0.2) is 0 Å². The first-order chi connectivity index (χ1) is 6.34. The summed E-state index contributed by atoms with van der Waals surface area (Å²) < 4.78 is 10.6. The molecule has 2 rings (SSSR count). The van der Waals surface area contributed by atoms with Gasteiger partial charge in [0.2, 0.25) is 3.83 Å². The van der Waals surface area contributed by atoms with Crippen molar-refractivity contribution in [3.63, 3.8) is 0 Å². The fourth-order valence-electron chi connectivity index (χ4n) is 1.48. The summed E-state index contributed by atoms with van der Waals surface area (Å²) in [5, 5.41) is 1.11. The van der Waals surface area contributed by atoms with Crippen molar-refractivity contribution in [1.82, 2.24) is 9.36 Å². The molecule has 0 amide bonds. The first kappa shape index (κ1) is 9.79. The summed E-state index contributed by atoms with van der Waals surface area (Å²) in [4.78, 5) is 4.32. The van der Waals surface area contributed by atoms with Crippen molar-refractivity contribution in [3.05, 3.63) is 8.84 Å². The van der Waals surface area contributed by atoms with Gasteiger partial charge in [0.25, 0.3) is 0 Å². The van der Waals surface area contributed by atoms with Crippen LogP contribution in [-0.2, 0) is 11.2 Å². The highest BCUT2D eigenvalue weighted by molar-refractivity contribution is 14.1. The average Bonchev–Trinajstić information content (AvgIpc) is 2.53. The Morgan fingerprint density at radius 3 is 3.08 bits per heavy atom. The van der Waals surface area contributed by atoms with Crippen LogP contribution in [0, 0.1) is 3.83 Å². The number of nitrogens with zero attached hydrogens (tertiary/aromatic N) is 2. The Morgan fingerprint density at radius 2 is 2.46 bits per heavy atom. The minimum absolute atomic E-state index is 0.387. The van der Waals surface area contributed by atoms with Gasteiger partial charge in [-0.1, -0.05) is 0 Å². The Hall–Kier alpha value is 0.250. The predicted molar refractivity (Wildman–Crippen MR) is 59.9 cm³/mol. The van der Waals surface area contributed by atoms with Gasteiger partial charge in [-0.25, -0.2) is 4.98 Å². The van der Waals surface area contributed by atoms with Crippen molar-refractivity contribution in [3.8, 4) is 0 Å². The second kappa shape index (κ2) is 4.65. The number of hydrogen-bond donors (Lipinski definition) is 0. The van der Waals surface area contributed by atoms with Gasteiger partial charge >= 0.3 is 0 Å². The lowest BCUT2D eigenvalue weighted by Crippen LogP contribution is -2.21. The van der Waals surface area contributed by atoms with E-state index in [2.05, 4.69) is 31.9 Å². The van der Waals surface area contributed by atoms with Gasteiger partial charge in [0.15, 0.2) is 0 Å². The lowest BCUT2D eigenvalue weighted by molar-refractivity contribution is 0.0167. The van der Waals surface area contributed by atoms with Gasteiger partial charge in [-0.15, -0.1) is 0 Å². The van der Waals surface area contributed by atoms with Crippen LogP contribution in [0.3, 0.4) is 0 Å². The molecule has 0 radical (unpaired) electrons. The summed E-state index contributed by atoms with van der Waals surface area (Å²) in [7, 11) is 0. The van der Waals surface area contributed by atoms with Crippen molar-refractivity contribution < 1.29 is 4.74 Å². The molecule has 1 aromatic heterocycles. The van der Waals surface area contributed by atoms with E-state index >= 15 is 0 Å². The second-order valence-corrected chi connectivity index (χ2v) is 4.95. The highest BCUT2D eigenvalue weighted by Gasteiger charge is 2.16. The van der Waals surface area contributed by atoms with E-state index in [1.807, 2.05) is 0 Å². The number of ether oxygens (including phenoxy) is 1. The van der Waals surface area contributed by atoms with Crippen LogP contribution in [0.4, 0.5) is 0 Å². The summed E-state index contributed by atoms with van der Waals surface area (Å²) >= 11 is 3.64. The van der Waals surface area contributed by atoms with Crippen molar-refractivity contribution >= 4 is 34.1 Å². The van der Waals surface area contributed by atoms with Crippen molar-refractivity contribution in [1.29, 1.82) is 0 Å². The fraction of sp³-hybridized carbons (Fsp3) is 0.750. The van der Waals surface area contributed by atoms with Gasteiger partial charge < -0.3 is 4.74 Å². The Labute approximate surface area is 95.2 Å². The van der Waals surface area contributed by atoms with Gasteiger partial charge in [0.1, 0.15) is 5.01 Å². The smallest absolute Gasteiger partial charge is 0.203 e. The summed E-state index contributed by atoms with van der Waals surface area (Å²) in [5.74, 6) is 0. The Kier molecular flexibility index (Phi) is 3.51. The molecular weight excluding hydrogens is 299 g/mol. The normalized spacial score (nSPS) is 23.3. The van der Waals surface area contributed by atoms with E-state index in [1.54, 1.807) is 0 Å². The van der Waals surface area contributed by atoms with Crippen molar-refractivity contribution in [2.24, 2.45) is 0 Å².